The number of rotatable bonds is 9. The van der Waals surface area contributed by atoms with E-state index in [9.17, 15) is 4.79 Å². The number of aromatic amines is 1. The summed E-state index contributed by atoms with van der Waals surface area (Å²) in [6, 6.07) is 5.37. The summed E-state index contributed by atoms with van der Waals surface area (Å²) in [4.78, 5) is 19.7. The molecule has 1 aromatic carbocycles. The van der Waals surface area contributed by atoms with E-state index in [1.165, 1.54) is 0 Å². The Morgan fingerprint density at radius 1 is 1.22 bits per heavy atom. The Balaban J connectivity index is 1.68. The van der Waals surface area contributed by atoms with E-state index >= 15 is 0 Å². The number of methoxy groups -OCH3 is 1. The first-order valence-electron chi connectivity index (χ1n) is 8.71. The number of nitrogens with zero attached hydrogens (tertiary/aromatic N) is 3. The number of hydrogen-bond donors (Lipinski definition) is 2. The molecule has 3 rings (SSSR count). The third kappa shape index (κ3) is 5.00. The van der Waals surface area contributed by atoms with Gasteiger partial charge in [0.25, 0.3) is 5.56 Å². The van der Waals surface area contributed by atoms with Crippen LogP contribution in [0.3, 0.4) is 0 Å². The van der Waals surface area contributed by atoms with Gasteiger partial charge in [-0.3, -0.25) is 14.5 Å². The molecule has 2 N–H and O–H groups in total. The number of hydrogen-bond acceptors (Lipinski definition) is 5. The number of ether oxygens (including phenoxy) is 1. The van der Waals surface area contributed by atoms with Crippen molar-refractivity contribution >= 4 is 40.2 Å². The Hall–Kier alpha value is -2.09. The average Bonchev–Trinajstić information content (AvgIpc) is 3.06. The van der Waals surface area contributed by atoms with Crippen LogP contribution in [0.5, 0.6) is 0 Å². The van der Waals surface area contributed by atoms with Gasteiger partial charge in [-0.05, 0) is 37.0 Å². The highest BCUT2D eigenvalue weighted by Gasteiger charge is 2.10. The quantitative estimate of drug-likeness (QED) is 0.524. The van der Waals surface area contributed by atoms with Gasteiger partial charge in [-0.25, -0.2) is 4.98 Å². The third-order valence-electron chi connectivity index (χ3n) is 4.16. The lowest BCUT2D eigenvalue weighted by molar-refractivity contribution is 0.191. The van der Waals surface area contributed by atoms with Crippen LogP contribution < -0.4 is 10.9 Å². The molecule has 0 fully saturated rings. The molecule has 0 aliphatic carbocycles. The molecule has 3 aromatic rings. The van der Waals surface area contributed by atoms with Gasteiger partial charge in [0.2, 0.25) is 5.95 Å². The minimum atomic E-state index is -0.217. The Morgan fingerprint density at radius 3 is 2.85 bits per heavy atom. The van der Waals surface area contributed by atoms with Gasteiger partial charge in [0.1, 0.15) is 5.52 Å². The van der Waals surface area contributed by atoms with Crippen molar-refractivity contribution in [2.45, 2.75) is 32.4 Å². The Kier molecular flexibility index (Phi) is 6.71. The molecule has 9 heteroatoms. The lowest BCUT2D eigenvalue weighted by Crippen LogP contribution is -2.16. The first-order valence-corrected chi connectivity index (χ1v) is 9.46. The summed E-state index contributed by atoms with van der Waals surface area (Å²) in [6.45, 7) is 1.88. The number of aromatic nitrogens is 4. The van der Waals surface area contributed by atoms with Crippen molar-refractivity contribution in [2.75, 3.05) is 19.0 Å². The standard InChI is InChI=1S/C18H21Cl2N5O2/c1-27-8-4-2-3-7-25-16-15(11-22-25)23-18(24-17(16)26)21-10-12-5-6-13(19)14(20)9-12/h5-6,9,11H,2-4,7-8,10H2,1H3,(H2,21,23,24,26). The molecule has 0 saturated carbocycles. The summed E-state index contributed by atoms with van der Waals surface area (Å²) >= 11 is 11.9. The third-order valence-corrected chi connectivity index (χ3v) is 4.90. The molecule has 0 aliphatic rings. The molecule has 0 radical (unpaired) electrons. The van der Waals surface area contributed by atoms with Gasteiger partial charge in [-0.1, -0.05) is 29.3 Å². The minimum absolute atomic E-state index is 0.217. The number of unbranched alkanes of at least 4 members (excludes halogenated alkanes) is 2. The van der Waals surface area contributed by atoms with Crippen LogP contribution in [0.2, 0.25) is 10.0 Å². The number of H-pyrrole nitrogens is 1. The highest BCUT2D eigenvalue weighted by atomic mass is 35.5. The molecular weight excluding hydrogens is 389 g/mol. The van der Waals surface area contributed by atoms with E-state index in [0.29, 0.717) is 40.1 Å². The largest absolute Gasteiger partial charge is 0.385 e. The van der Waals surface area contributed by atoms with E-state index < -0.39 is 0 Å². The fourth-order valence-corrected chi connectivity index (χ4v) is 3.10. The van der Waals surface area contributed by atoms with Gasteiger partial charge in [0, 0.05) is 26.8 Å². The summed E-state index contributed by atoms with van der Waals surface area (Å²) in [7, 11) is 1.69. The predicted molar refractivity (Wildman–Crippen MR) is 108 cm³/mol. The average molecular weight is 410 g/mol. The van der Waals surface area contributed by atoms with Crippen molar-refractivity contribution in [1.82, 2.24) is 19.7 Å². The number of fused-ring (bicyclic) bond motifs is 1. The molecule has 2 aromatic heterocycles. The molecule has 144 valence electrons. The fourth-order valence-electron chi connectivity index (χ4n) is 2.78. The van der Waals surface area contributed by atoms with Gasteiger partial charge in [-0.2, -0.15) is 5.10 Å². The van der Waals surface area contributed by atoms with Crippen molar-refractivity contribution in [3.63, 3.8) is 0 Å². The molecule has 0 saturated heterocycles. The minimum Gasteiger partial charge on any atom is -0.385 e. The molecule has 0 atom stereocenters. The van der Waals surface area contributed by atoms with E-state index in [1.807, 2.05) is 6.07 Å². The van der Waals surface area contributed by atoms with Crippen LogP contribution in [0.25, 0.3) is 11.0 Å². The van der Waals surface area contributed by atoms with Crippen LogP contribution >= 0.6 is 23.2 Å². The molecule has 0 aliphatic heterocycles. The van der Waals surface area contributed by atoms with Crippen molar-refractivity contribution in [1.29, 1.82) is 0 Å². The zero-order valence-electron chi connectivity index (χ0n) is 15.0. The fraction of sp³-hybridized carbons (Fsp3) is 0.389. The van der Waals surface area contributed by atoms with E-state index in [2.05, 4.69) is 20.4 Å². The van der Waals surface area contributed by atoms with Gasteiger partial charge < -0.3 is 10.1 Å². The van der Waals surface area contributed by atoms with Crippen LogP contribution in [0.4, 0.5) is 5.95 Å². The molecule has 2 heterocycles. The van der Waals surface area contributed by atoms with Gasteiger partial charge in [0.15, 0.2) is 5.52 Å². The van der Waals surface area contributed by atoms with Gasteiger partial charge in [-0.15, -0.1) is 0 Å². The number of nitrogens with one attached hydrogen (secondary N) is 2. The molecule has 0 amide bonds. The highest BCUT2D eigenvalue weighted by molar-refractivity contribution is 6.42. The zero-order valence-corrected chi connectivity index (χ0v) is 16.5. The maximum absolute atomic E-state index is 12.5. The Bertz CT molecular complexity index is 970. The first kappa shape index (κ1) is 19.7. The summed E-state index contributed by atoms with van der Waals surface area (Å²) < 4.78 is 6.75. The number of aryl methyl sites for hydroxylation is 1. The van der Waals surface area contributed by atoms with Crippen molar-refractivity contribution < 1.29 is 4.74 Å². The van der Waals surface area contributed by atoms with E-state index in [-0.39, 0.29) is 5.56 Å². The first-order chi connectivity index (χ1) is 13.1. The summed E-state index contributed by atoms with van der Waals surface area (Å²) in [5, 5.41) is 8.38. The van der Waals surface area contributed by atoms with Crippen LogP contribution in [-0.2, 0) is 17.8 Å². The molecule has 27 heavy (non-hydrogen) atoms. The highest BCUT2D eigenvalue weighted by Crippen LogP contribution is 2.22. The van der Waals surface area contributed by atoms with Crippen LogP contribution in [-0.4, -0.2) is 33.5 Å². The van der Waals surface area contributed by atoms with Crippen molar-refractivity contribution in [3.8, 4) is 0 Å². The SMILES string of the molecule is COCCCCCn1ncc2nc(NCc3ccc(Cl)c(Cl)c3)[nH]c(=O)c21. The lowest BCUT2D eigenvalue weighted by atomic mass is 10.2. The predicted octanol–water partition coefficient (Wildman–Crippen LogP) is 3.86. The van der Waals surface area contributed by atoms with Crippen LogP contribution in [0, 0.1) is 0 Å². The maximum atomic E-state index is 12.5. The molecule has 7 nitrogen and oxygen atoms in total. The second kappa shape index (κ2) is 9.21. The second-order valence-electron chi connectivity index (χ2n) is 6.17. The second-order valence-corrected chi connectivity index (χ2v) is 6.99. The van der Waals surface area contributed by atoms with Crippen LogP contribution in [0.1, 0.15) is 24.8 Å². The Morgan fingerprint density at radius 2 is 2.07 bits per heavy atom. The normalized spacial score (nSPS) is 11.2. The van der Waals surface area contributed by atoms with Crippen molar-refractivity contribution in [3.05, 3.63) is 50.4 Å². The molecule has 0 unspecified atom stereocenters. The molecular formula is C18H21Cl2N5O2. The smallest absolute Gasteiger partial charge is 0.278 e. The zero-order chi connectivity index (χ0) is 19.2. The maximum Gasteiger partial charge on any atom is 0.278 e. The number of benzene rings is 1. The van der Waals surface area contributed by atoms with E-state index in [0.717, 1.165) is 31.4 Å². The number of halogens is 2. The van der Waals surface area contributed by atoms with Crippen molar-refractivity contribution in [2.24, 2.45) is 0 Å². The van der Waals surface area contributed by atoms with E-state index in [1.54, 1.807) is 30.1 Å². The van der Waals surface area contributed by atoms with Crippen LogP contribution in [0.15, 0.2) is 29.2 Å². The van der Waals surface area contributed by atoms with Gasteiger partial charge in [0.05, 0.1) is 16.2 Å². The Labute approximate surface area is 166 Å². The summed E-state index contributed by atoms with van der Waals surface area (Å²) in [5.41, 5.74) is 1.76. The molecule has 0 spiro atoms. The summed E-state index contributed by atoms with van der Waals surface area (Å²) in [5.74, 6) is 0.387. The lowest BCUT2D eigenvalue weighted by Gasteiger charge is -2.07. The van der Waals surface area contributed by atoms with Gasteiger partial charge >= 0.3 is 0 Å². The summed E-state index contributed by atoms with van der Waals surface area (Å²) in [6.07, 6.45) is 4.55. The monoisotopic (exact) mass is 409 g/mol. The number of anilines is 1. The molecule has 0 bridgehead atoms. The topological polar surface area (TPSA) is 84.8 Å². The van der Waals surface area contributed by atoms with E-state index in [4.69, 9.17) is 27.9 Å².